The van der Waals surface area contributed by atoms with Crippen LogP contribution in [0, 0.1) is 6.92 Å². The van der Waals surface area contributed by atoms with E-state index in [-0.39, 0.29) is 10.8 Å². The first kappa shape index (κ1) is 27.3. The van der Waals surface area contributed by atoms with Gasteiger partial charge in [-0.05, 0) is 67.9 Å². The number of rotatable bonds is 9. The quantitative estimate of drug-likeness (QED) is 0.231. The summed E-state index contributed by atoms with van der Waals surface area (Å²) in [5, 5.41) is 6.99. The number of hydrogen-bond acceptors (Lipinski definition) is 5. The molecule has 0 radical (unpaired) electrons. The van der Waals surface area contributed by atoms with Crippen LogP contribution in [0.25, 0.3) is 0 Å². The van der Waals surface area contributed by atoms with Gasteiger partial charge >= 0.3 is 0 Å². The summed E-state index contributed by atoms with van der Waals surface area (Å²) in [6.45, 7) is 3.13. The highest BCUT2D eigenvalue weighted by molar-refractivity contribution is 7.92. The van der Waals surface area contributed by atoms with Crippen LogP contribution in [0.2, 0.25) is 0 Å². The predicted octanol–water partition coefficient (Wildman–Crippen LogP) is 4.98. The normalized spacial score (nSPS) is 11.5. The maximum atomic E-state index is 13.4. The van der Waals surface area contributed by atoms with Crippen LogP contribution in [-0.4, -0.2) is 32.5 Å². The lowest BCUT2D eigenvalue weighted by Crippen LogP contribution is -2.39. The highest BCUT2D eigenvalue weighted by Gasteiger charge is 2.27. The number of amides is 2. The number of carbonyl (C=O) groups excluding carboxylic acids is 2. The fourth-order valence-electron chi connectivity index (χ4n) is 3.71. The van der Waals surface area contributed by atoms with E-state index in [0.717, 1.165) is 15.4 Å². The minimum Gasteiger partial charge on any atom is -0.322 e. The number of anilines is 2. The monoisotopic (exact) mass is 540 g/mol. The molecule has 0 heterocycles. The van der Waals surface area contributed by atoms with Crippen molar-refractivity contribution in [1.29, 1.82) is 0 Å². The molecule has 0 saturated heterocycles. The number of nitrogens with one attached hydrogen (secondary N) is 2. The third-order valence-electron chi connectivity index (χ3n) is 5.89. The first-order valence-electron chi connectivity index (χ1n) is 12.2. The van der Waals surface area contributed by atoms with E-state index in [1.54, 1.807) is 97.9 Å². The van der Waals surface area contributed by atoms with Crippen molar-refractivity contribution in [2.45, 2.75) is 18.7 Å². The molecule has 0 aliphatic carbocycles. The van der Waals surface area contributed by atoms with Gasteiger partial charge in [0.15, 0.2) is 0 Å². The topological polar surface area (TPSA) is 108 Å². The van der Waals surface area contributed by atoms with E-state index in [0.29, 0.717) is 22.6 Å². The Bertz CT molecular complexity index is 1570. The van der Waals surface area contributed by atoms with Gasteiger partial charge in [0, 0.05) is 11.3 Å². The molecular weight excluding hydrogens is 512 g/mol. The number of nitrogens with zero attached hydrogens (tertiary/aromatic N) is 2. The van der Waals surface area contributed by atoms with Gasteiger partial charge in [0.25, 0.3) is 21.8 Å². The molecule has 0 aliphatic rings. The second-order valence-corrected chi connectivity index (χ2v) is 10.7. The molecule has 0 aliphatic heterocycles. The summed E-state index contributed by atoms with van der Waals surface area (Å²) in [4.78, 5) is 25.3. The van der Waals surface area contributed by atoms with Crippen LogP contribution in [-0.2, 0) is 14.8 Å². The van der Waals surface area contributed by atoms with E-state index in [4.69, 9.17) is 0 Å². The minimum atomic E-state index is -4.00. The van der Waals surface area contributed by atoms with Gasteiger partial charge in [0.05, 0.1) is 16.3 Å². The summed E-state index contributed by atoms with van der Waals surface area (Å²) in [5.74, 6) is -0.815. The van der Waals surface area contributed by atoms with Crippen LogP contribution in [0.4, 0.5) is 11.4 Å². The lowest BCUT2D eigenvalue weighted by Gasteiger charge is -2.23. The van der Waals surface area contributed by atoms with Crippen molar-refractivity contribution < 1.29 is 18.0 Å². The van der Waals surface area contributed by atoms with Gasteiger partial charge < -0.3 is 5.32 Å². The molecule has 198 valence electrons. The van der Waals surface area contributed by atoms with Crippen molar-refractivity contribution in [1.82, 2.24) is 5.43 Å². The molecule has 0 fully saturated rings. The number of aryl methyl sites for hydroxylation is 1. The van der Waals surface area contributed by atoms with Crippen LogP contribution in [0.3, 0.4) is 0 Å². The summed E-state index contributed by atoms with van der Waals surface area (Å²) in [6, 6.07) is 30.8. The lowest BCUT2D eigenvalue weighted by molar-refractivity contribution is -0.119. The second kappa shape index (κ2) is 12.2. The molecular formula is C30H28N4O4S. The molecule has 4 aromatic carbocycles. The van der Waals surface area contributed by atoms with Crippen molar-refractivity contribution >= 4 is 38.9 Å². The standard InChI is InChI=1S/C30H28N4O4S/c1-22-13-19-28(20-14-22)39(37,38)34(27-11-7-4-8-12-27)21-29(35)33-32-23(2)24-15-17-26(18-16-24)31-30(36)25-9-5-3-6-10-25/h3-20H,21H2,1-2H3,(H,31,36)(H,33,35)/b32-23-. The molecule has 2 N–H and O–H groups in total. The Morgan fingerprint density at radius 3 is 1.97 bits per heavy atom. The van der Waals surface area contributed by atoms with E-state index < -0.39 is 22.5 Å². The van der Waals surface area contributed by atoms with Crippen LogP contribution in [0.15, 0.2) is 119 Å². The van der Waals surface area contributed by atoms with Gasteiger partial charge in [-0.15, -0.1) is 0 Å². The SMILES string of the molecule is C/C(=N/NC(=O)CN(c1ccccc1)S(=O)(=O)c1ccc(C)cc1)c1ccc(NC(=O)c2ccccc2)cc1. The van der Waals surface area contributed by atoms with Gasteiger partial charge in [-0.25, -0.2) is 13.8 Å². The molecule has 0 bridgehead atoms. The summed E-state index contributed by atoms with van der Waals surface area (Å²) in [5.41, 5.74) is 6.14. The Kier molecular flexibility index (Phi) is 8.53. The van der Waals surface area contributed by atoms with Crippen molar-refractivity contribution in [3.8, 4) is 0 Å². The van der Waals surface area contributed by atoms with Crippen molar-refractivity contribution in [3.05, 3.63) is 126 Å². The fourth-order valence-corrected chi connectivity index (χ4v) is 5.13. The minimum absolute atomic E-state index is 0.0869. The molecule has 0 aromatic heterocycles. The summed E-state index contributed by atoms with van der Waals surface area (Å²) >= 11 is 0. The zero-order valence-corrected chi connectivity index (χ0v) is 22.4. The number of hydrogen-bond donors (Lipinski definition) is 2. The average molecular weight is 541 g/mol. The van der Waals surface area contributed by atoms with Gasteiger partial charge in [0.1, 0.15) is 6.54 Å². The molecule has 2 amide bonds. The van der Waals surface area contributed by atoms with Crippen molar-refractivity contribution in [2.75, 3.05) is 16.2 Å². The third-order valence-corrected chi connectivity index (χ3v) is 7.67. The molecule has 0 spiro atoms. The molecule has 39 heavy (non-hydrogen) atoms. The Morgan fingerprint density at radius 1 is 0.769 bits per heavy atom. The molecule has 8 nitrogen and oxygen atoms in total. The van der Waals surface area contributed by atoms with Crippen LogP contribution in [0.1, 0.15) is 28.4 Å². The van der Waals surface area contributed by atoms with Gasteiger partial charge in [-0.3, -0.25) is 13.9 Å². The Labute approximate surface area is 228 Å². The zero-order valence-electron chi connectivity index (χ0n) is 21.5. The summed E-state index contributed by atoms with van der Waals surface area (Å²) in [7, 11) is -4.00. The Hall–Kier alpha value is -4.76. The molecule has 4 rings (SSSR count). The number of sulfonamides is 1. The first-order valence-corrected chi connectivity index (χ1v) is 13.6. The molecule has 9 heteroatoms. The predicted molar refractivity (Wildman–Crippen MR) is 153 cm³/mol. The van der Waals surface area contributed by atoms with E-state index >= 15 is 0 Å². The van der Waals surface area contributed by atoms with Crippen LogP contribution in [0.5, 0.6) is 0 Å². The molecule has 0 atom stereocenters. The summed E-state index contributed by atoms with van der Waals surface area (Å²) < 4.78 is 27.9. The molecule has 0 saturated carbocycles. The Balaban J connectivity index is 1.44. The third kappa shape index (κ3) is 6.97. The van der Waals surface area contributed by atoms with Crippen LogP contribution >= 0.6 is 0 Å². The number of carbonyl (C=O) groups is 2. The van der Waals surface area contributed by atoms with Gasteiger partial charge in [-0.2, -0.15) is 5.10 Å². The second-order valence-electron chi connectivity index (χ2n) is 8.79. The Morgan fingerprint density at radius 2 is 1.36 bits per heavy atom. The number of benzene rings is 4. The molecule has 4 aromatic rings. The van der Waals surface area contributed by atoms with Gasteiger partial charge in [-0.1, -0.05) is 66.2 Å². The van der Waals surface area contributed by atoms with E-state index in [1.807, 2.05) is 13.0 Å². The smallest absolute Gasteiger partial charge is 0.264 e. The average Bonchev–Trinajstić information content (AvgIpc) is 2.96. The van der Waals surface area contributed by atoms with Crippen LogP contribution < -0.4 is 15.0 Å². The van der Waals surface area contributed by atoms with Gasteiger partial charge in [0.2, 0.25) is 0 Å². The largest absolute Gasteiger partial charge is 0.322 e. The lowest BCUT2D eigenvalue weighted by atomic mass is 10.1. The first-order chi connectivity index (χ1) is 18.7. The van der Waals surface area contributed by atoms with E-state index in [1.165, 1.54) is 12.1 Å². The highest BCUT2D eigenvalue weighted by Crippen LogP contribution is 2.23. The molecule has 0 unspecified atom stereocenters. The van der Waals surface area contributed by atoms with Crippen molar-refractivity contribution in [3.63, 3.8) is 0 Å². The maximum absolute atomic E-state index is 13.4. The van der Waals surface area contributed by atoms with E-state index in [2.05, 4.69) is 15.8 Å². The zero-order chi connectivity index (χ0) is 27.8. The number of hydrazone groups is 1. The van der Waals surface area contributed by atoms with E-state index in [9.17, 15) is 18.0 Å². The summed E-state index contributed by atoms with van der Waals surface area (Å²) in [6.07, 6.45) is 0. The highest BCUT2D eigenvalue weighted by atomic mass is 32.2. The van der Waals surface area contributed by atoms with Crippen molar-refractivity contribution in [2.24, 2.45) is 5.10 Å². The fraction of sp³-hybridized carbons (Fsp3) is 0.100. The maximum Gasteiger partial charge on any atom is 0.264 e. The number of para-hydroxylation sites is 1.